The molecule has 8 heteroatoms. The molecule has 0 saturated carbocycles. The normalized spacial score (nSPS) is 10.3. The summed E-state index contributed by atoms with van der Waals surface area (Å²) in [7, 11) is 1.56. The summed E-state index contributed by atoms with van der Waals surface area (Å²) >= 11 is 1.33. The Balaban J connectivity index is 2.06. The third-order valence-corrected chi connectivity index (χ3v) is 3.42. The van der Waals surface area contributed by atoms with E-state index in [1.165, 1.54) is 11.3 Å². The van der Waals surface area contributed by atoms with Crippen molar-refractivity contribution in [3.63, 3.8) is 0 Å². The molecule has 20 heavy (non-hydrogen) atoms. The molecule has 0 fully saturated rings. The molecule has 1 aromatic heterocycles. The number of hydrogen-bond acceptors (Lipinski definition) is 6. The van der Waals surface area contributed by atoms with E-state index in [-0.39, 0.29) is 24.9 Å². The van der Waals surface area contributed by atoms with Gasteiger partial charge >= 0.3 is 0 Å². The van der Waals surface area contributed by atoms with Crippen molar-refractivity contribution in [3.05, 3.63) is 18.2 Å². The van der Waals surface area contributed by atoms with Gasteiger partial charge in [0.05, 0.1) is 24.9 Å². The van der Waals surface area contributed by atoms with E-state index < -0.39 is 0 Å². The minimum Gasteiger partial charge on any atom is -0.494 e. The summed E-state index contributed by atoms with van der Waals surface area (Å²) < 4.78 is 6.11. The van der Waals surface area contributed by atoms with Gasteiger partial charge in [-0.25, -0.2) is 4.98 Å². The number of anilines is 1. The highest BCUT2D eigenvalue weighted by Crippen LogP contribution is 2.31. The average molecular weight is 294 g/mol. The standard InChI is InChI=1S/C12H14N4O3S/c1-19-7-3-2-4-8-11(7)16-12(20-8)15-10(18)6-14-9(17)5-13/h2-4H,5-6,13H2,1H3,(H,14,17)(H,15,16,18). The maximum atomic E-state index is 11.6. The van der Waals surface area contributed by atoms with Crippen LogP contribution in [0, 0.1) is 0 Å². The van der Waals surface area contributed by atoms with Crippen molar-refractivity contribution in [2.24, 2.45) is 5.73 Å². The van der Waals surface area contributed by atoms with Crippen LogP contribution in [0.5, 0.6) is 5.75 Å². The van der Waals surface area contributed by atoms with Gasteiger partial charge in [-0.15, -0.1) is 0 Å². The second-order valence-corrected chi connectivity index (χ2v) is 4.89. The first-order chi connectivity index (χ1) is 9.63. The average Bonchev–Trinajstić information content (AvgIpc) is 2.86. The molecular formula is C12H14N4O3S. The van der Waals surface area contributed by atoms with E-state index in [9.17, 15) is 9.59 Å². The maximum Gasteiger partial charge on any atom is 0.245 e. The first-order valence-corrected chi connectivity index (χ1v) is 6.66. The Morgan fingerprint density at radius 1 is 1.40 bits per heavy atom. The van der Waals surface area contributed by atoms with E-state index >= 15 is 0 Å². The van der Waals surface area contributed by atoms with Gasteiger partial charge in [-0.1, -0.05) is 17.4 Å². The number of carbonyl (C=O) groups excluding carboxylic acids is 2. The largest absolute Gasteiger partial charge is 0.494 e. The Labute approximate surface area is 119 Å². The van der Waals surface area contributed by atoms with E-state index in [4.69, 9.17) is 10.5 Å². The first-order valence-electron chi connectivity index (χ1n) is 5.84. The Morgan fingerprint density at radius 3 is 2.90 bits per heavy atom. The number of ether oxygens (including phenoxy) is 1. The van der Waals surface area contributed by atoms with Gasteiger partial charge < -0.3 is 21.1 Å². The lowest BCUT2D eigenvalue weighted by Crippen LogP contribution is -2.36. The van der Waals surface area contributed by atoms with Gasteiger partial charge in [-0.2, -0.15) is 0 Å². The molecule has 0 aliphatic heterocycles. The fourth-order valence-corrected chi connectivity index (χ4v) is 2.46. The van der Waals surface area contributed by atoms with Crippen LogP contribution in [0.25, 0.3) is 10.2 Å². The van der Waals surface area contributed by atoms with Crippen molar-refractivity contribution in [2.75, 3.05) is 25.5 Å². The summed E-state index contributed by atoms with van der Waals surface area (Å²) in [4.78, 5) is 26.9. The fraction of sp³-hybridized carbons (Fsp3) is 0.250. The highest BCUT2D eigenvalue weighted by atomic mass is 32.1. The zero-order valence-electron chi connectivity index (χ0n) is 10.8. The molecule has 0 bridgehead atoms. The van der Waals surface area contributed by atoms with Crippen LogP contribution in [0.2, 0.25) is 0 Å². The molecule has 1 heterocycles. The predicted octanol–water partition coefficient (Wildman–Crippen LogP) is 0.318. The van der Waals surface area contributed by atoms with Crippen LogP contribution >= 0.6 is 11.3 Å². The highest BCUT2D eigenvalue weighted by Gasteiger charge is 2.11. The van der Waals surface area contributed by atoms with Crippen LogP contribution in [0.15, 0.2) is 18.2 Å². The number of nitrogens with one attached hydrogen (secondary N) is 2. The second kappa shape index (κ2) is 6.31. The minimum absolute atomic E-state index is 0.136. The third-order valence-electron chi connectivity index (χ3n) is 2.48. The zero-order chi connectivity index (χ0) is 14.5. The lowest BCUT2D eigenvalue weighted by atomic mass is 10.3. The van der Waals surface area contributed by atoms with Crippen LogP contribution in [0.1, 0.15) is 0 Å². The number of aromatic nitrogens is 1. The summed E-state index contributed by atoms with van der Waals surface area (Å²) in [6.07, 6.45) is 0. The van der Waals surface area contributed by atoms with E-state index in [0.717, 1.165) is 4.70 Å². The molecule has 0 atom stereocenters. The number of nitrogens with two attached hydrogens (primary N) is 1. The number of nitrogens with zero attached hydrogens (tertiary/aromatic N) is 1. The van der Waals surface area contributed by atoms with Crippen LogP contribution in [-0.4, -0.2) is 37.0 Å². The van der Waals surface area contributed by atoms with Gasteiger partial charge in [0.25, 0.3) is 0 Å². The Morgan fingerprint density at radius 2 is 2.20 bits per heavy atom. The monoisotopic (exact) mass is 294 g/mol. The molecular weight excluding hydrogens is 280 g/mol. The maximum absolute atomic E-state index is 11.6. The predicted molar refractivity (Wildman–Crippen MR) is 76.9 cm³/mol. The van der Waals surface area contributed by atoms with Crippen molar-refractivity contribution in [2.45, 2.75) is 0 Å². The molecule has 2 amide bonds. The van der Waals surface area contributed by atoms with Crippen molar-refractivity contribution in [3.8, 4) is 5.75 Å². The Bertz CT molecular complexity index is 641. The molecule has 0 radical (unpaired) electrons. The number of amides is 2. The van der Waals surface area contributed by atoms with E-state index in [1.807, 2.05) is 12.1 Å². The van der Waals surface area contributed by atoms with Crippen molar-refractivity contribution < 1.29 is 14.3 Å². The number of fused-ring (bicyclic) bond motifs is 1. The van der Waals surface area contributed by atoms with Crippen molar-refractivity contribution in [1.82, 2.24) is 10.3 Å². The van der Waals surface area contributed by atoms with Crippen LogP contribution in [0.3, 0.4) is 0 Å². The van der Waals surface area contributed by atoms with Crippen LogP contribution < -0.4 is 21.1 Å². The number of benzene rings is 1. The SMILES string of the molecule is COc1cccc2sc(NC(=O)CNC(=O)CN)nc12. The minimum atomic E-state index is -0.383. The molecule has 4 N–H and O–H groups in total. The molecule has 1 aromatic carbocycles. The number of para-hydroxylation sites is 1. The summed E-state index contributed by atoms with van der Waals surface area (Å²) in [6.45, 7) is -0.283. The quantitative estimate of drug-likeness (QED) is 0.736. The molecule has 7 nitrogen and oxygen atoms in total. The fourth-order valence-electron chi connectivity index (χ4n) is 1.56. The van der Waals surface area contributed by atoms with Crippen LogP contribution in [0.4, 0.5) is 5.13 Å². The molecule has 2 aromatic rings. The lowest BCUT2D eigenvalue weighted by molar-refractivity contribution is -0.123. The smallest absolute Gasteiger partial charge is 0.245 e. The summed E-state index contributed by atoms with van der Waals surface area (Å²) in [5.74, 6) is -0.0911. The van der Waals surface area contributed by atoms with Gasteiger partial charge in [-0.05, 0) is 12.1 Å². The van der Waals surface area contributed by atoms with Gasteiger partial charge in [0.15, 0.2) is 5.13 Å². The zero-order valence-corrected chi connectivity index (χ0v) is 11.6. The van der Waals surface area contributed by atoms with E-state index in [1.54, 1.807) is 13.2 Å². The summed E-state index contributed by atoms with van der Waals surface area (Å²) in [6, 6.07) is 5.54. The molecule has 0 aliphatic rings. The number of hydrogen-bond donors (Lipinski definition) is 3. The molecule has 106 valence electrons. The lowest BCUT2D eigenvalue weighted by Gasteiger charge is -2.02. The highest BCUT2D eigenvalue weighted by molar-refractivity contribution is 7.22. The summed E-state index contributed by atoms with van der Waals surface area (Å²) in [5, 5.41) is 5.46. The number of methoxy groups -OCH3 is 1. The molecule has 0 saturated heterocycles. The van der Waals surface area contributed by atoms with E-state index in [2.05, 4.69) is 15.6 Å². The van der Waals surface area contributed by atoms with Crippen molar-refractivity contribution in [1.29, 1.82) is 0 Å². The number of thiazole rings is 1. The molecule has 2 rings (SSSR count). The summed E-state index contributed by atoms with van der Waals surface area (Å²) in [5.41, 5.74) is 5.82. The van der Waals surface area contributed by atoms with Gasteiger partial charge in [0.1, 0.15) is 11.3 Å². The van der Waals surface area contributed by atoms with Gasteiger partial charge in [0.2, 0.25) is 11.8 Å². The van der Waals surface area contributed by atoms with E-state index in [0.29, 0.717) is 16.4 Å². The number of rotatable bonds is 5. The topological polar surface area (TPSA) is 106 Å². The van der Waals surface area contributed by atoms with Gasteiger partial charge in [0, 0.05) is 0 Å². The molecule has 0 unspecified atom stereocenters. The van der Waals surface area contributed by atoms with Gasteiger partial charge in [-0.3, -0.25) is 9.59 Å². The molecule has 0 aliphatic carbocycles. The Kier molecular flexibility index (Phi) is 4.49. The van der Waals surface area contributed by atoms with Crippen molar-refractivity contribution >= 4 is 38.5 Å². The van der Waals surface area contributed by atoms with Crippen LogP contribution in [-0.2, 0) is 9.59 Å². The third kappa shape index (κ3) is 3.22. The molecule has 0 spiro atoms. The second-order valence-electron chi connectivity index (χ2n) is 3.86. The Hall–Kier alpha value is -2.19. The number of carbonyl (C=O) groups is 2. The first kappa shape index (κ1) is 14.2.